The van der Waals surface area contributed by atoms with Gasteiger partial charge < -0.3 is 4.84 Å². The van der Waals surface area contributed by atoms with Gasteiger partial charge in [-0.3, -0.25) is 0 Å². The van der Waals surface area contributed by atoms with Crippen molar-refractivity contribution in [1.29, 1.82) is 0 Å². The first-order valence-electron chi connectivity index (χ1n) is 7.17. The standard InChI is InChI=1S/C16H14FN5O2/c1-11(12-6-3-2-4-7-12)19-24-10-13-14(17)8-5-9-15(13)22-16(23)18-20-21-22/h2-9H,10H2,1H3,(H,18,21,23)/b19-11-. The van der Waals surface area contributed by atoms with Crippen LogP contribution >= 0.6 is 0 Å². The van der Waals surface area contributed by atoms with E-state index in [0.29, 0.717) is 5.71 Å². The molecule has 0 unspecified atom stereocenters. The Morgan fingerprint density at radius 1 is 1.25 bits per heavy atom. The Morgan fingerprint density at radius 3 is 2.75 bits per heavy atom. The molecule has 3 rings (SSSR count). The summed E-state index contributed by atoms with van der Waals surface area (Å²) in [5, 5.41) is 13.2. The van der Waals surface area contributed by atoms with Gasteiger partial charge in [0.05, 0.1) is 17.0 Å². The van der Waals surface area contributed by atoms with Crippen LogP contribution in [-0.4, -0.2) is 25.9 Å². The molecule has 0 bridgehead atoms. The molecule has 0 spiro atoms. The molecule has 0 fully saturated rings. The summed E-state index contributed by atoms with van der Waals surface area (Å²) in [7, 11) is 0. The second-order valence-electron chi connectivity index (χ2n) is 4.97. The summed E-state index contributed by atoms with van der Waals surface area (Å²) in [5.41, 5.74) is 1.41. The van der Waals surface area contributed by atoms with E-state index in [2.05, 4.69) is 20.7 Å². The van der Waals surface area contributed by atoms with Gasteiger partial charge >= 0.3 is 5.69 Å². The van der Waals surface area contributed by atoms with Crippen LogP contribution in [0.3, 0.4) is 0 Å². The fourth-order valence-corrected chi connectivity index (χ4v) is 2.17. The smallest absolute Gasteiger partial charge is 0.365 e. The third kappa shape index (κ3) is 3.22. The van der Waals surface area contributed by atoms with Gasteiger partial charge in [-0.05, 0) is 35.0 Å². The highest BCUT2D eigenvalue weighted by atomic mass is 19.1. The molecular formula is C16H14FN5O2. The van der Waals surface area contributed by atoms with E-state index < -0.39 is 11.5 Å². The number of aromatic amines is 1. The van der Waals surface area contributed by atoms with E-state index in [4.69, 9.17) is 4.84 Å². The van der Waals surface area contributed by atoms with Gasteiger partial charge in [0.2, 0.25) is 0 Å². The molecule has 0 atom stereocenters. The van der Waals surface area contributed by atoms with Crippen LogP contribution < -0.4 is 5.69 Å². The van der Waals surface area contributed by atoms with Crippen molar-refractivity contribution in [2.24, 2.45) is 5.16 Å². The Morgan fingerprint density at radius 2 is 2.04 bits per heavy atom. The second kappa shape index (κ2) is 6.86. The maximum absolute atomic E-state index is 14.1. The summed E-state index contributed by atoms with van der Waals surface area (Å²) in [6.07, 6.45) is 0. The molecule has 1 heterocycles. The number of H-pyrrole nitrogens is 1. The van der Waals surface area contributed by atoms with Crippen LogP contribution in [0.1, 0.15) is 18.1 Å². The largest absolute Gasteiger partial charge is 0.390 e. The summed E-state index contributed by atoms with van der Waals surface area (Å²) >= 11 is 0. The Balaban J connectivity index is 1.84. The molecule has 0 saturated heterocycles. The lowest BCUT2D eigenvalue weighted by atomic mass is 10.1. The van der Waals surface area contributed by atoms with Crippen molar-refractivity contribution in [1.82, 2.24) is 20.2 Å². The molecule has 122 valence electrons. The molecule has 3 aromatic rings. The van der Waals surface area contributed by atoms with Crippen LogP contribution in [-0.2, 0) is 11.4 Å². The zero-order valence-electron chi connectivity index (χ0n) is 12.8. The average Bonchev–Trinajstić information content (AvgIpc) is 3.03. The SMILES string of the molecule is C/C(=N/OCc1c(F)cccc1-n1nn[nH]c1=O)c1ccccc1. The Kier molecular flexibility index (Phi) is 4.46. The number of hydrogen-bond acceptors (Lipinski definition) is 5. The maximum atomic E-state index is 14.1. The molecule has 24 heavy (non-hydrogen) atoms. The van der Waals surface area contributed by atoms with Crippen molar-refractivity contribution in [2.75, 3.05) is 0 Å². The van der Waals surface area contributed by atoms with Gasteiger partial charge in [0.1, 0.15) is 12.4 Å². The number of halogens is 1. The van der Waals surface area contributed by atoms with Gasteiger partial charge in [-0.1, -0.05) is 41.6 Å². The van der Waals surface area contributed by atoms with Crippen LogP contribution in [0.2, 0.25) is 0 Å². The Labute approximate surface area is 136 Å². The van der Waals surface area contributed by atoms with Crippen molar-refractivity contribution in [3.63, 3.8) is 0 Å². The lowest BCUT2D eigenvalue weighted by Gasteiger charge is -2.08. The third-order valence-corrected chi connectivity index (χ3v) is 3.40. The summed E-state index contributed by atoms with van der Waals surface area (Å²) in [4.78, 5) is 16.9. The quantitative estimate of drug-likeness (QED) is 0.574. The van der Waals surface area contributed by atoms with Crippen molar-refractivity contribution < 1.29 is 9.23 Å². The van der Waals surface area contributed by atoms with Crippen molar-refractivity contribution in [2.45, 2.75) is 13.5 Å². The molecule has 8 heteroatoms. The number of oxime groups is 1. The number of rotatable bonds is 5. The lowest BCUT2D eigenvalue weighted by molar-refractivity contribution is 0.127. The van der Waals surface area contributed by atoms with Crippen LogP contribution in [0.25, 0.3) is 5.69 Å². The first-order valence-corrected chi connectivity index (χ1v) is 7.17. The van der Waals surface area contributed by atoms with Crippen molar-refractivity contribution in [3.8, 4) is 5.69 Å². The molecule has 0 aliphatic rings. The van der Waals surface area contributed by atoms with Gasteiger partial charge in [-0.25, -0.2) is 14.3 Å². The predicted molar refractivity (Wildman–Crippen MR) is 85.4 cm³/mol. The maximum Gasteiger partial charge on any atom is 0.365 e. The summed E-state index contributed by atoms with van der Waals surface area (Å²) < 4.78 is 15.1. The monoisotopic (exact) mass is 327 g/mol. The fourth-order valence-electron chi connectivity index (χ4n) is 2.17. The minimum absolute atomic E-state index is 0.147. The van der Waals surface area contributed by atoms with Crippen LogP contribution in [0.4, 0.5) is 4.39 Å². The number of nitrogens with one attached hydrogen (secondary N) is 1. The molecule has 2 aromatic carbocycles. The van der Waals surface area contributed by atoms with Crippen LogP contribution in [0.15, 0.2) is 58.5 Å². The van der Waals surface area contributed by atoms with Gasteiger partial charge in [-0.15, -0.1) is 0 Å². The molecule has 1 N–H and O–H groups in total. The Bertz CT molecular complexity index is 917. The number of hydrogen-bond donors (Lipinski definition) is 1. The fraction of sp³-hybridized carbons (Fsp3) is 0.125. The minimum atomic E-state index is -0.564. The first kappa shape index (κ1) is 15.6. The summed E-state index contributed by atoms with van der Waals surface area (Å²) in [6, 6.07) is 13.8. The molecular weight excluding hydrogens is 313 g/mol. The number of tetrazole rings is 1. The average molecular weight is 327 g/mol. The first-order chi connectivity index (χ1) is 11.7. The van der Waals surface area contributed by atoms with E-state index in [0.717, 1.165) is 10.2 Å². The van der Waals surface area contributed by atoms with Gasteiger partial charge in [0.15, 0.2) is 0 Å². The zero-order chi connectivity index (χ0) is 16.9. The molecule has 0 amide bonds. The highest BCUT2D eigenvalue weighted by molar-refractivity contribution is 5.98. The second-order valence-corrected chi connectivity index (χ2v) is 4.97. The minimum Gasteiger partial charge on any atom is -0.390 e. The van der Waals surface area contributed by atoms with E-state index in [1.807, 2.05) is 30.3 Å². The highest BCUT2D eigenvalue weighted by Crippen LogP contribution is 2.17. The van der Waals surface area contributed by atoms with E-state index >= 15 is 0 Å². The molecule has 0 radical (unpaired) electrons. The summed E-state index contributed by atoms with van der Waals surface area (Å²) in [6.45, 7) is 1.64. The highest BCUT2D eigenvalue weighted by Gasteiger charge is 2.14. The predicted octanol–water partition coefficient (Wildman–Crippen LogP) is 2.04. The van der Waals surface area contributed by atoms with Gasteiger partial charge in [0, 0.05) is 0 Å². The number of benzene rings is 2. The van der Waals surface area contributed by atoms with E-state index in [1.165, 1.54) is 12.1 Å². The lowest BCUT2D eigenvalue weighted by Crippen LogP contribution is -2.18. The van der Waals surface area contributed by atoms with Crippen LogP contribution in [0, 0.1) is 5.82 Å². The molecule has 0 saturated carbocycles. The number of nitrogens with zero attached hydrogens (tertiary/aromatic N) is 4. The zero-order valence-corrected chi connectivity index (χ0v) is 12.8. The summed E-state index contributed by atoms with van der Waals surface area (Å²) in [5.74, 6) is -0.519. The van der Waals surface area contributed by atoms with Crippen molar-refractivity contribution in [3.05, 3.63) is 76.0 Å². The van der Waals surface area contributed by atoms with E-state index in [-0.39, 0.29) is 17.9 Å². The van der Waals surface area contributed by atoms with Crippen LogP contribution in [0.5, 0.6) is 0 Å². The van der Waals surface area contributed by atoms with E-state index in [9.17, 15) is 9.18 Å². The molecule has 0 aliphatic carbocycles. The topological polar surface area (TPSA) is 85.2 Å². The third-order valence-electron chi connectivity index (χ3n) is 3.40. The number of aromatic nitrogens is 4. The molecule has 1 aromatic heterocycles. The molecule has 7 nitrogen and oxygen atoms in total. The normalized spacial score (nSPS) is 11.5. The van der Waals surface area contributed by atoms with Gasteiger partial charge in [-0.2, -0.15) is 4.68 Å². The van der Waals surface area contributed by atoms with Gasteiger partial charge in [0.25, 0.3) is 0 Å². The van der Waals surface area contributed by atoms with E-state index in [1.54, 1.807) is 13.0 Å². The Hall–Kier alpha value is -3.29. The van der Waals surface area contributed by atoms with Crippen molar-refractivity contribution >= 4 is 5.71 Å². The molecule has 0 aliphatic heterocycles.